The first-order valence-electron chi connectivity index (χ1n) is 8.51. The van der Waals surface area contributed by atoms with E-state index in [4.69, 9.17) is 23.2 Å². The third-order valence-corrected chi connectivity index (χ3v) is 5.21. The topological polar surface area (TPSA) is 58.2 Å². The fourth-order valence-electron chi connectivity index (χ4n) is 2.77. The number of rotatable bonds is 6. The fraction of sp³-hybridized carbons (Fsp3) is 0.300. The summed E-state index contributed by atoms with van der Waals surface area (Å²) in [4.78, 5) is 25.1. The van der Waals surface area contributed by atoms with Gasteiger partial charge in [0.2, 0.25) is 11.8 Å². The maximum absolute atomic E-state index is 12.5. The molecule has 6 heteroatoms. The second kappa shape index (κ2) is 7.68. The number of anilines is 1. The number of aryl methyl sites for hydroxylation is 1. The third kappa shape index (κ3) is 4.19. The van der Waals surface area contributed by atoms with Gasteiger partial charge in [0.05, 0.1) is 0 Å². The van der Waals surface area contributed by atoms with Crippen LogP contribution in [-0.2, 0) is 16.0 Å². The Morgan fingerprint density at radius 2 is 1.73 bits per heavy atom. The Labute approximate surface area is 162 Å². The van der Waals surface area contributed by atoms with Gasteiger partial charge in [0.25, 0.3) is 0 Å². The molecule has 0 heterocycles. The predicted octanol–water partition coefficient (Wildman–Crippen LogP) is 4.38. The molecule has 2 N–H and O–H groups in total. The lowest BCUT2D eigenvalue weighted by Gasteiger charge is -2.16. The molecule has 0 atom stereocenters. The van der Waals surface area contributed by atoms with Gasteiger partial charge in [-0.2, -0.15) is 0 Å². The molecule has 0 aromatic heterocycles. The highest BCUT2D eigenvalue weighted by Gasteiger charge is 2.56. The summed E-state index contributed by atoms with van der Waals surface area (Å²) in [7, 11) is 0. The van der Waals surface area contributed by atoms with Crippen LogP contribution in [0.25, 0.3) is 0 Å². The zero-order valence-electron chi connectivity index (χ0n) is 14.4. The Hall–Kier alpha value is -2.04. The molecular weight excluding hydrogens is 371 g/mol. The zero-order valence-corrected chi connectivity index (χ0v) is 16.0. The maximum atomic E-state index is 12.5. The van der Waals surface area contributed by atoms with Gasteiger partial charge in [0, 0.05) is 22.3 Å². The number of hydrogen-bond acceptors (Lipinski definition) is 2. The number of carbonyl (C=O) groups is 2. The van der Waals surface area contributed by atoms with Crippen molar-refractivity contribution in [1.82, 2.24) is 5.32 Å². The summed E-state index contributed by atoms with van der Waals surface area (Å²) >= 11 is 12.0. The summed E-state index contributed by atoms with van der Waals surface area (Å²) in [6.45, 7) is 2.40. The van der Waals surface area contributed by atoms with E-state index >= 15 is 0 Å². The lowest BCUT2D eigenvalue weighted by molar-refractivity contribution is -0.134. The van der Waals surface area contributed by atoms with E-state index in [1.165, 1.54) is 0 Å². The normalized spacial score (nSPS) is 14.6. The quantitative estimate of drug-likeness (QED) is 0.718. The van der Waals surface area contributed by atoms with Crippen LogP contribution in [0.3, 0.4) is 0 Å². The number of carbonyl (C=O) groups excluding carboxylic acids is 2. The molecule has 2 amide bonds. The minimum atomic E-state index is -0.950. The van der Waals surface area contributed by atoms with Gasteiger partial charge in [-0.1, -0.05) is 47.0 Å². The first-order chi connectivity index (χ1) is 12.4. The van der Waals surface area contributed by atoms with E-state index in [0.717, 1.165) is 11.1 Å². The average molecular weight is 391 g/mol. The summed E-state index contributed by atoms with van der Waals surface area (Å²) in [6, 6.07) is 12.8. The molecule has 0 spiro atoms. The molecule has 2 aromatic rings. The molecule has 0 aliphatic heterocycles. The van der Waals surface area contributed by atoms with Crippen molar-refractivity contribution in [3.8, 4) is 0 Å². The van der Waals surface area contributed by atoms with Gasteiger partial charge in [0.1, 0.15) is 5.41 Å². The summed E-state index contributed by atoms with van der Waals surface area (Å²) in [5.41, 5.74) is 1.77. The van der Waals surface area contributed by atoms with Crippen LogP contribution in [0.2, 0.25) is 10.0 Å². The van der Waals surface area contributed by atoms with Crippen molar-refractivity contribution in [2.45, 2.75) is 26.2 Å². The molecule has 0 saturated heterocycles. The summed E-state index contributed by atoms with van der Waals surface area (Å²) < 4.78 is 0. The van der Waals surface area contributed by atoms with E-state index in [9.17, 15) is 9.59 Å². The molecule has 3 rings (SSSR count). The highest BCUT2D eigenvalue weighted by atomic mass is 35.5. The molecule has 0 unspecified atom stereocenters. The SMILES string of the molecule is Cc1ccc(NC(=O)C2(C(=O)NCCc3ccc(Cl)cc3Cl)CC2)cc1. The van der Waals surface area contributed by atoms with Crippen molar-refractivity contribution < 1.29 is 9.59 Å². The predicted molar refractivity (Wildman–Crippen MR) is 105 cm³/mol. The fourth-order valence-corrected chi connectivity index (χ4v) is 3.28. The number of benzene rings is 2. The molecular formula is C20H20Cl2N2O2. The Bertz CT molecular complexity index is 830. The number of amides is 2. The summed E-state index contributed by atoms with van der Waals surface area (Å²) in [5.74, 6) is -0.476. The van der Waals surface area contributed by atoms with E-state index in [1.807, 2.05) is 37.3 Å². The lowest BCUT2D eigenvalue weighted by atomic mass is 10.0. The van der Waals surface area contributed by atoms with Crippen molar-refractivity contribution in [2.75, 3.05) is 11.9 Å². The van der Waals surface area contributed by atoms with Gasteiger partial charge >= 0.3 is 0 Å². The van der Waals surface area contributed by atoms with Gasteiger partial charge in [-0.25, -0.2) is 0 Å². The second-order valence-corrected chi connectivity index (χ2v) is 7.49. The summed E-state index contributed by atoms with van der Waals surface area (Å²) in [5, 5.41) is 6.85. The van der Waals surface area contributed by atoms with Crippen LogP contribution < -0.4 is 10.6 Å². The average Bonchev–Trinajstić information content (AvgIpc) is 3.41. The monoisotopic (exact) mass is 390 g/mol. The first-order valence-corrected chi connectivity index (χ1v) is 9.27. The zero-order chi connectivity index (χ0) is 18.7. The van der Waals surface area contributed by atoms with Gasteiger partial charge in [-0.15, -0.1) is 0 Å². The number of hydrogen-bond donors (Lipinski definition) is 2. The van der Waals surface area contributed by atoms with Crippen LogP contribution in [0, 0.1) is 12.3 Å². The molecule has 1 aliphatic rings. The largest absolute Gasteiger partial charge is 0.355 e. The van der Waals surface area contributed by atoms with Gasteiger partial charge < -0.3 is 10.6 Å². The molecule has 1 saturated carbocycles. The number of halogens is 2. The maximum Gasteiger partial charge on any atom is 0.240 e. The van der Waals surface area contributed by atoms with Crippen LogP contribution >= 0.6 is 23.2 Å². The molecule has 0 radical (unpaired) electrons. The van der Waals surface area contributed by atoms with Crippen molar-refractivity contribution >= 4 is 40.7 Å². The van der Waals surface area contributed by atoms with Crippen molar-refractivity contribution in [3.05, 3.63) is 63.6 Å². The van der Waals surface area contributed by atoms with Crippen LogP contribution in [0.1, 0.15) is 24.0 Å². The van der Waals surface area contributed by atoms with Crippen LogP contribution in [0.4, 0.5) is 5.69 Å². The van der Waals surface area contributed by atoms with E-state index in [0.29, 0.717) is 41.5 Å². The molecule has 136 valence electrons. The van der Waals surface area contributed by atoms with Gasteiger partial charge in [-0.05, 0) is 56.0 Å². The molecule has 26 heavy (non-hydrogen) atoms. The minimum Gasteiger partial charge on any atom is -0.355 e. The number of nitrogens with one attached hydrogen (secondary N) is 2. The third-order valence-electron chi connectivity index (χ3n) is 4.62. The molecule has 0 bridgehead atoms. The van der Waals surface area contributed by atoms with Crippen molar-refractivity contribution in [2.24, 2.45) is 5.41 Å². The van der Waals surface area contributed by atoms with Crippen LogP contribution in [0.5, 0.6) is 0 Å². The Kier molecular flexibility index (Phi) is 5.54. The standard InChI is InChI=1S/C20H20Cl2N2O2/c1-13-2-6-16(7-3-13)24-19(26)20(9-10-20)18(25)23-11-8-14-4-5-15(21)12-17(14)22/h2-7,12H,8-11H2,1H3,(H,23,25)(H,24,26). The second-order valence-electron chi connectivity index (χ2n) is 6.64. The van der Waals surface area contributed by atoms with Crippen LogP contribution in [-0.4, -0.2) is 18.4 Å². The van der Waals surface area contributed by atoms with E-state index < -0.39 is 5.41 Å². The Morgan fingerprint density at radius 3 is 2.35 bits per heavy atom. The van der Waals surface area contributed by atoms with E-state index in [-0.39, 0.29) is 11.8 Å². The molecule has 2 aromatic carbocycles. The van der Waals surface area contributed by atoms with Gasteiger partial charge in [0.15, 0.2) is 0 Å². The Balaban J connectivity index is 1.55. The molecule has 1 aliphatic carbocycles. The van der Waals surface area contributed by atoms with Crippen molar-refractivity contribution in [3.63, 3.8) is 0 Å². The summed E-state index contributed by atoms with van der Waals surface area (Å²) in [6.07, 6.45) is 1.72. The highest BCUT2D eigenvalue weighted by Crippen LogP contribution is 2.46. The molecule has 4 nitrogen and oxygen atoms in total. The minimum absolute atomic E-state index is 0.229. The van der Waals surface area contributed by atoms with Crippen LogP contribution in [0.15, 0.2) is 42.5 Å². The molecule has 1 fully saturated rings. The van der Waals surface area contributed by atoms with E-state index in [1.54, 1.807) is 12.1 Å². The highest BCUT2D eigenvalue weighted by molar-refractivity contribution is 6.35. The Morgan fingerprint density at radius 1 is 1.04 bits per heavy atom. The van der Waals surface area contributed by atoms with Gasteiger partial charge in [-0.3, -0.25) is 9.59 Å². The lowest BCUT2D eigenvalue weighted by Crippen LogP contribution is -2.40. The van der Waals surface area contributed by atoms with E-state index in [2.05, 4.69) is 10.6 Å². The first kappa shape index (κ1) is 18.7. The van der Waals surface area contributed by atoms with Crippen molar-refractivity contribution in [1.29, 1.82) is 0 Å². The smallest absolute Gasteiger partial charge is 0.240 e.